The van der Waals surface area contributed by atoms with E-state index in [9.17, 15) is 4.79 Å². The smallest absolute Gasteiger partial charge is 0.226 e. The molecule has 0 aromatic carbocycles. The molecule has 22 heavy (non-hydrogen) atoms. The first kappa shape index (κ1) is 14.7. The molecule has 1 aromatic rings. The second kappa shape index (κ2) is 5.87. The van der Waals surface area contributed by atoms with Gasteiger partial charge in [0.05, 0.1) is 17.3 Å². The van der Waals surface area contributed by atoms with Crippen molar-refractivity contribution >= 4 is 5.91 Å². The third-order valence-corrected chi connectivity index (χ3v) is 4.64. The van der Waals surface area contributed by atoms with Crippen LogP contribution in [0.25, 0.3) is 0 Å². The van der Waals surface area contributed by atoms with Gasteiger partial charge in [0, 0.05) is 32.2 Å². The number of rotatable bonds is 8. The third-order valence-electron chi connectivity index (χ3n) is 4.64. The first-order valence-corrected chi connectivity index (χ1v) is 7.69. The summed E-state index contributed by atoms with van der Waals surface area (Å²) in [7, 11) is 0. The number of aromatic nitrogens is 3. The fourth-order valence-electron chi connectivity index (χ4n) is 2.98. The normalized spacial score (nSPS) is 20.0. The van der Waals surface area contributed by atoms with Crippen LogP contribution in [0.4, 0.5) is 0 Å². The van der Waals surface area contributed by atoms with Crippen LogP contribution in [0.5, 0.6) is 0 Å². The Balaban J connectivity index is 1.48. The van der Waals surface area contributed by atoms with E-state index in [1.165, 1.54) is 0 Å². The van der Waals surface area contributed by atoms with Crippen molar-refractivity contribution in [3.05, 3.63) is 11.9 Å². The summed E-state index contributed by atoms with van der Waals surface area (Å²) in [4.78, 5) is 12.5. The van der Waals surface area contributed by atoms with E-state index < -0.39 is 0 Å². The molecule has 0 spiro atoms. The average molecular weight is 300 g/mol. The van der Waals surface area contributed by atoms with E-state index in [1.54, 1.807) is 6.20 Å². The number of amides is 1. The van der Waals surface area contributed by atoms with E-state index in [0.717, 1.165) is 37.8 Å². The number of carbonyl (C=O) groups excluding carboxylic acids is 1. The molecule has 2 aliphatic rings. The van der Waals surface area contributed by atoms with Gasteiger partial charge < -0.3 is 5.32 Å². The molecule has 2 heterocycles. The van der Waals surface area contributed by atoms with Crippen molar-refractivity contribution in [2.75, 3.05) is 6.54 Å². The molecule has 7 heteroatoms. The van der Waals surface area contributed by atoms with Crippen molar-refractivity contribution in [1.82, 2.24) is 20.7 Å². The monoisotopic (exact) mass is 300 g/mol. The summed E-state index contributed by atoms with van der Waals surface area (Å²) in [6.45, 7) is 0.580. The van der Waals surface area contributed by atoms with Gasteiger partial charge in [-0.2, -0.15) is 25.6 Å². The van der Waals surface area contributed by atoms with Crippen LogP contribution >= 0.6 is 0 Å². The van der Waals surface area contributed by atoms with E-state index in [-0.39, 0.29) is 17.0 Å². The molecule has 1 saturated carbocycles. The Labute approximate surface area is 129 Å². The molecular weight excluding hydrogens is 280 g/mol. The molecule has 7 nitrogen and oxygen atoms in total. The van der Waals surface area contributed by atoms with Gasteiger partial charge in [-0.15, -0.1) is 12.3 Å². The highest BCUT2D eigenvalue weighted by molar-refractivity contribution is 5.83. The Hall–Kier alpha value is -2.23. The molecule has 0 saturated heterocycles. The molecule has 1 fully saturated rings. The number of H-pyrrole nitrogens is 1. The zero-order chi connectivity index (χ0) is 15.5. The average Bonchev–Trinajstić information content (AvgIpc) is 3.05. The Kier molecular flexibility index (Phi) is 3.92. The van der Waals surface area contributed by atoms with Crippen molar-refractivity contribution in [3.8, 4) is 12.3 Å². The summed E-state index contributed by atoms with van der Waals surface area (Å²) in [5, 5.41) is 21.7. The van der Waals surface area contributed by atoms with Crippen molar-refractivity contribution < 1.29 is 4.79 Å². The van der Waals surface area contributed by atoms with Crippen LogP contribution in [0.3, 0.4) is 0 Å². The summed E-state index contributed by atoms with van der Waals surface area (Å²) in [5.74, 6) is 2.71. The van der Waals surface area contributed by atoms with Gasteiger partial charge in [0.25, 0.3) is 0 Å². The Bertz CT molecular complexity index is 590. The van der Waals surface area contributed by atoms with Gasteiger partial charge in [-0.25, -0.2) is 0 Å². The molecule has 1 aliphatic carbocycles. The molecule has 1 amide bonds. The summed E-state index contributed by atoms with van der Waals surface area (Å²) >= 11 is 0. The van der Waals surface area contributed by atoms with E-state index in [2.05, 4.69) is 36.9 Å². The Morgan fingerprint density at radius 2 is 2.23 bits per heavy atom. The Morgan fingerprint density at radius 1 is 1.41 bits per heavy atom. The van der Waals surface area contributed by atoms with E-state index in [1.807, 2.05) is 0 Å². The molecule has 116 valence electrons. The molecule has 0 atom stereocenters. The topological polar surface area (TPSA) is 95.4 Å². The van der Waals surface area contributed by atoms with Crippen molar-refractivity contribution in [3.63, 3.8) is 0 Å². The number of nitrogens with one attached hydrogen (secondary N) is 2. The highest BCUT2D eigenvalue weighted by Gasteiger charge is 2.45. The second-order valence-electron chi connectivity index (χ2n) is 6.16. The molecule has 1 aliphatic heterocycles. The first-order valence-electron chi connectivity index (χ1n) is 7.69. The van der Waals surface area contributed by atoms with Crippen LogP contribution in [0, 0.1) is 17.8 Å². The van der Waals surface area contributed by atoms with Crippen LogP contribution in [-0.2, 0) is 11.2 Å². The lowest BCUT2D eigenvalue weighted by molar-refractivity contribution is -0.136. The van der Waals surface area contributed by atoms with Crippen LogP contribution in [0.1, 0.15) is 44.2 Å². The number of terminal acetylenes is 1. The lowest BCUT2D eigenvalue weighted by Gasteiger charge is -2.39. The predicted octanol–water partition coefficient (Wildman–Crippen LogP) is 1.60. The zero-order valence-corrected chi connectivity index (χ0v) is 12.5. The quantitative estimate of drug-likeness (QED) is 0.714. The second-order valence-corrected chi connectivity index (χ2v) is 6.16. The molecule has 2 N–H and O–H groups in total. The summed E-state index contributed by atoms with van der Waals surface area (Å²) in [5.41, 5.74) is 0.187. The maximum atomic E-state index is 12.5. The van der Waals surface area contributed by atoms with Crippen molar-refractivity contribution in [1.29, 1.82) is 0 Å². The maximum absolute atomic E-state index is 12.5. The third kappa shape index (κ3) is 3.01. The minimum absolute atomic E-state index is 0.106. The number of carbonyl (C=O) groups is 1. The fourth-order valence-corrected chi connectivity index (χ4v) is 2.98. The molecule has 0 bridgehead atoms. The zero-order valence-electron chi connectivity index (χ0n) is 12.5. The minimum Gasteiger partial charge on any atom is -0.355 e. The van der Waals surface area contributed by atoms with Gasteiger partial charge >= 0.3 is 0 Å². The SMILES string of the molecule is C#CCCC1(CCNC(=O)C2(Cc3cn[nH]n3)CCC2)N=N1. The van der Waals surface area contributed by atoms with Crippen LogP contribution in [0.15, 0.2) is 16.4 Å². The summed E-state index contributed by atoms with van der Waals surface area (Å²) in [6, 6.07) is 0. The molecular formula is C15H20N6O. The standard InChI is InChI=1S/C15H20N6O/c1-2-3-7-15(19-20-15)8-9-16-13(22)14(5-4-6-14)10-12-11-17-21-18-12/h1,11H,3-10H2,(H,16,22)(H,17,18,21). The molecule has 0 unspecified atom stereocenters. The number of hydrogen-bond acceptors (Lipinski definition) is 5. The summed E-state index contributed by atoms with van der Waals surface area (Å²) < 4.78 is 0. The highest BCUT2D eigenvalue weighted by Crippen LogP contribution is 2.43. The number of hydrogen-bond donors (Lipinski definition) is 2. The van der Waals surface area contributed by atoms with Gasteiger partial charge in [-0.1, -0.05) is 6.42 Å². The first-order chi connectivity index (χ1) is 10.7. The van der Waals surface area contributed by atoms with E-state index in [0.29, 0.717) is 19.4 Å². The highest BCUT2D eigenvalue weighted by atomic mass is 16.2. The maximum Gasteiger partial charge on any atom is 0.226 e. The van der Waals surface area contributed by atoms with Crippen molar-refractivity contribution in [2.45, 2.75) is 50.6 Å². The van der Waals surface area contributed by atoms with Crippen LogP contribution in [0.2, 0.25) is 0 Å². The van der Waals surface area contributed by atoms with E-state index >= 15 is 0 Å². The largest absolute Gasteiger partial charge is 0.355 e. The predicted molar refractivity (Wildman–Crippen MR) is 79.7 cm³/mol. The van der Waals surface area contributed by atoms with Gasteiger partial charge in [0.1, 0.15) is 0 Å². The van der Waals surface area contributed by atoms with Gasteiger partial charge in [-0.3, -0.25) is 4.79 Å². The van der Waals surface area contributed by atoms with Crippen LogP contribution < -0.4 is 5.32 Å². The number of aromatic amines is 1. The van der Waals surface area contributed by atoms with Crippen LogP contribution in [-0.4, -0.2) is 33.5 Å². The van der Waals surface area contributed by atoms with Gasteiger partial charge in [0.15, 0.2) is 5.66 Å². The fraction of sp³-hybridized carbons (Fsp3) is 0.667. The number of nitrogens with zero attached hydrogens (tertiary/aromatic N) is 4. The van der Waals surface area contributed by atoms with Crippen molar-refractivity contribution in [2.24, 2.45) is 15.6 Å². The minimum atomic E-state index is -0.335. The lowest BCUT2D eigenvalue weighted by atomic mass is 9.65. The molecule has 0 radical (unpaired) electrons. The lowest BCUT2D eigenvalue weighted by Crippen LogP contribution is -2.47. The summed E-state index contributed by atoms with van der Waals surface area (Å²) in [6.07, 6.45) is 12.7. The molecule has 1 aromatic heterocycles. The van der Waals surface area contributed by atoms with E-state index in [4.69, 9.17) is 6.42 Å². The van der Waals surface area contributed by atoms with Gasteiger partial charge in [-0.05, 0) is 12.8 Å². The Morgan fingerprint density at radius 3 is 2.77 bits per heavy atom. The van der Waals surface area contributed by atoms with Gasteiger partial charge in [0.2, 0.25) is 5.91 Å². The molecule has 3 rings (SSSR count).